The highest BCUT2D eigenvalue weighted by molar-refractivity contribution is 5.87. The number of likely N-dealkylation sites (tertiary alicyclic amines) is 1. The van der Waals surface area contributed by atoms with Crippen molar-refractivity contribution in [3.63, 3.8) is 0 Å². The minimum Gasteiger partial charge on any atom is -0.337 e. The van der Waals surface area contributed by atoms with Crippen molar-refractivity contribution in [2.24, 2.45) is 0 Å². The molecular weight excluding hydrogens is 404 g/mol. The second kappa shape index (κ2) is 11.1. The van der Waals surface area contributed by atoms with Gasteiger partial charge in [-0.05, 0) is 42.6 Å². The highest BCUT2D eigenvalue weighted by Crippen LogP contribution is 2.31. The molecule has 0 unspecified atom stereocenters. The summed E-state index contributed by atoms with van der Waals surface area (Å²) in [6, 6.07) is 30.8. The van der Waals surface area contributed by atoms with Crippen molar-refractivity contribution in [3.05, 3.63) is 108 Å². The van der Waals surface area contributed by atoms with Crippen molar-refractivity contribution in [2.45, 2.75) is 24.8 Å². The first-order chi connectivity index (χ1) is 14.7. The van der Waals surface area contributed by atoms with Gasteiger partial charge >= 0.3 is 0 Å². The van der Waals surface area contributed by atoms with Gasteiger partial charge in [0.05, 0.1) is 12.0 Å². The van der Waals surface area contributed by atoms with Crippen LogP contribution in [-0.2, 0) is 4.79 Å². The largest absolute Gasteiger partial charge is 0.337 e. The van der Waals surface area contributed by atoms with Crippen LogP contribution in [0.1, 0.15) is 41.5 Å². The Morgan fingerprint density at radius 1 is 0.774 bits per heavy atom. The molecule has 0 saturated carbocycles. The van der Waals surface area contributed by atoms with Crippen molar-refractivity contribution in [3.8, 4) is 0 Å². The van der Waals surface area contributed by atoms with Crippen LogP contribution < -0.4 is 0 Å². The number of nitrogens with zero attached hydrogens (tertiary/aromatic N) is 2. The molecule has 0 aromatic heterocycles. The third-order valence-electron chi connectivity index (χ3n) is 6.14. The predicted molar refractivity (Wildman–Crippen MR) is 130 cm³/mol. The van der Waals surface area contributed by atoms with Gasteiger partial charge < -0.3 is 9.80 Å². The van der Waals surface area contributed by atoms with E-state index in [-0.39, 0.29) is 30.3 Å². The van der Waals surface area contributed by atoms with Gasteiger partial charge in [-0.15, -0.1) is 12.4 Å². The molecule has 4 heteroatoms. The zero-order chi connectivity index (χ0) is 20.8. The van der Waals surface area contributed by atoms with Gasteiger partial charge in [0, 0.05) is 13.6 Å². The average Bonchev–Trinajstić information content (AvgIpc) is 3.32. The van der Waals surface area contributed by atoms with E-state index in [2.05, 4.69) is 53.4 Å². The summed E-state index contributed by atoms with van der Waals surface area (Å²) in [7, 11) is 1.97. The first-order valence-corrected chi connectivity index (χ1v) is 10.9. The molecule has 31 heavy (non-hydrogen) atoms. The third kappa shape index (κ3) is 5.55. The number of likely N-dealkylation sites (N-methyl/N-ethyl adjacent to an activating group) is 1. The molecule has 162 valence electrons. The van der Waals surface area contributed by atoms with Crippen molar-refractivity contribution in [1.82, 2.24) is 9.80 Å². The molecule has 4 rings (SSSR count). The molecule has 3 aromatic carbocycles. The van der Waals surface area contributed by atoms with E-state index < -0.39 is 0 Å². The van der Waals surface area contributed by atoms with Crippen LogP contribution in [0.15, 0.2) is 91.0 Å². The van der Waals surface area contributed by atoms with Crippen LogP contribution in [0.4, 0.5) is 0 Å². The Hall–Kier alpha value is -2.62. The van der Waals surface area contributed by atoms with E-state index in [9.17, 15) is 4.79 Å². The average molecular weight is 435 g/mol. The molecule has 1 aliphatic heterocycles. The van der Waals surface area contributed by atoms with Crippen LogP contribution in [0.3, 0.4) is 0 Å². The summed E-state index contributed by atoms with van der Waals surface area (Å²) in [6.45, 7) is 3.11. The van der Waals surface area contributed by atoms with Gasteiger partial charge in [-0.3, -0.25) is 4.79 Å². The van der Waals surface area contributed by atoms with Crippen molar-refractivity contribution in [1.29, 1.82) is 0 Å². The number of carbonyl (C=O) groups excluding carboxylic acids is 1. The molecule has 0 radical (unpaired) electrons. The quantitative estimate of drug-likeness (QED) is 0.487. The Labute approximate surface area is 192 Å². The standard InChI is InChI=1S/C27H30N2O.ClH/c1-28(25(21-29-19-11-12-20-29)22-13-5-2-6-14-22)27(30)26(23-15-7-3-8-16-23)24-17-9-4-10-18-24;/h2-10,13-18,25-26H,11-12,19-21H2,1H3;1H/t25-;/m1./s1. The minimum atomic E-state index is -0.304. The number of hydrogen-bond acceptors (Lipinski definition) is 2. The van der Waals surface area contributed by atoms with Crippen LogP contribution in [0.5, 0.6) is 0 Å². The fourth-order valence-electron chi connectivity index (χ4n) is 4.46. The van der Waals surface area contributed by atoms with Crippen LogP contribution in [-0.4, -0.2) is 42.4 Å². The number of carbonyl (C=O) groups is 1. The summed E-state index contributed by atoms with van der Waals surface area (Å²) < 4.78 is 0. The zero-order valence-electron chi connectivity index (χ0n) is 18.1. The zero-order valence-corrected chi connectivity index (χ0v) is 18.9. The second-order valence-electron chi connectivity index (χ2n) is 8.14. The molecule has 0 aliphatic carbocycles. The van der Waals surface area contributed by atoms with E-state index in [0.717, 1.165) is 30.8 Å². The maximum absolute atomic E-state index is 13.9. The third-order valence-corrected chi connectivity index (χ3v) is 6.14. The number of rotatable bonds is 7. The Morgan fingerprint density at radius 3 is 1.65 bits per heavy atom. The highest BCUT2D eigenvalue weighted by Gasteiger charge is 2.31. The van der Waals surface area contributed by atoms with Gasteiger partial charge in [0.2, 0.25) is 5.91 Å². The van der Waals surface area contributed by atoms with Crippen LogP contribution in [0.25, 0.3) is 0 Å². The summed E-state index contributed by atoms with van der Waals surface area (Å²) in [5, 5.41) is 0. The van der Waals surface area contributed by atoms with Gasteiger partial charge in [-0.1, -0.05) is 91.0 Å². The smallest absolute Gasteiger partial charge is 0.234 e. The lowest BCUT2D eigenvalue weighted by Crippen LogP contribution is -2.40. The van der Waals surface area contributed by atoms with E-state index in [0.29, 0.717) is 0 Å². The summed E-state index contributed by atoms with van der Waals surface area (Å²) in [6.07, 6.45) is 2.49. The molecule has 1 amide bonds. The molecule has 1 saturated heterocycles. The van der Waals surface area contributed by atoms with Crippen LogP contribution in [0, 0.1) is 0 Å². The Kier molecular flexibility index (Phi) is 8.27. The topological polar surface area (TPSA) is 23.6 Å². The summed E-state index contributed by atoms with van der Waals surface area (Å²) in [5.41, 5.74) is 3.27. The van der Waals surface area contributed by atoms with Gasteiger partial charge in [0.25, 0.3) is 0 Å². The lowest BCUT2D eigenvalue weighted by atomic mass is 9.89. The van der Waals surface area contributed by atoms with Gasteiger partial charge in [0.15, 0.2) is 0 Å². The first kappa shape index (κ1) is 23.1. The second-order valence-corrected chi connectivity index (χ2v) is 8.14. The first-order valence-electron chi connectivity index (χ1n) is 10.9. The lowest BCUT2D eigenvalue weighted by Gasteiger charge is -2.34. The molecule has 1 heterocycles. The van der Waals surface area contributed by atoms with Crippen molar-refractivity contribution >= 4 is 18.3 Å². The maximum Gasteiger partial charge on any atom is 0.234 e. The SMILES string of the molecule is CN(C(=O)C(c1ccccc1)c1ccccc1)[C@H](CN1CCCC1)c1ccccc1.Cl. The number of halogens is 1. The Bertz CT molecular complexity index is 888. The monoisotopic (exact) mass is 434 g/mol. The lowest BCUT2D eigenvalue weighted by molar-refractivity contribution is -0.133. The summed E-state index contributed by atoms with van der Waals surface area (Å²) in [4.78, 5) is 18.4. The van der Waals surface area contributed by atoms with E-state index in [1.165, 1.54) is 18.4 Å². The molecule has 3 aromatic rings. The number of hydrogen-bond donors (Lipinski definition) is 0. The van der Waals surface area contributed by atoms with E-state index >= 15 is 0 Å². The minimum absolute atomic E-state index is 0. The number of amides is 1. The van der Waals surface area contributed by atoms with Crippen molar-refractivity contribution < 1.29 is 4.79 Å². The fourth-order valence-corrected chi connectivity index (χ4v) is 4.46. The molecule has 1 aliphatic rings. The summed E-state index contributed by atoms with van der Waals surface area (Å²) >= 11 is 0. The molecule has 1 atom stereocenters. The van der Waals surface area contributed by atoms with E-state index in [4.69, 9.17) is 0 Å². The molecule has 1 fully saturated rings. The summed E-state index contributed by atoms with van der Waals surface area (Å²) in [5.74, 6) is -0.164. The molecular formula is C27H31ClN2O. The Morgan fingerprint density at radius 2 is 1.19 bits per heavy atom. The van der Waals surface area contributed by atoms with Crippen LogP contribution >= 0.6 is 12.4 Å². The highest BCUT2D eigenvalue weighted by atomic mass is 35.5. The van der Waals surface area contributed by atoms with Crippen LogP contribution in [0.2, 0.25) is 0 Å². The molecule has 0 N–H and O–H groups in total. The Balaban J connectivity index is 0.00000272. The molecule has 3 nitrogen and oxygen atoms in total. The van der Waals surface area contributed by atoms with Gasteiger partial charge in [0.1, 0.15) is 0 Å². The molecule has 0 spiro atoms. The van der Waals surface area contributed by atoms with Crippen molar-refractivity contribution in [2.75, 3.05) is 26.7 Å². The van der Waals surface area contributed by atoms with Gasteiger partial charge in [-0.2, -0.15) is 0 Å². The van der Waals surface area contributed by atoms with E-state index in [1.54, 1.807) is 0 Å². The normalized spacial score (nSPS) is 14.8. The predicted octanol–water partition coefficient (Wildman–Crippen LogP) is 5.54. The molecule has 0 bridgehead atoms. The van der Waals surface area contributed by atoms with E-state index in [1.807, 2.05) is 54.4 Å². The fraction of sp³-hybridized carbons (Fsp3) is 0.296. The number of benzene rings is 3. The van der Waals surface area contributed by atoms with Gasteiger partial charge in [-0.25, -0.2) is 0 Å². The maximum atomic E-state index is 13.9.